The van der Waals surface area contributed by atoms with Gasteiger partial charge in [-0.2, -0.15) is 0 Å². The third-order valence-electron chi connectivity index (χ3n) is 16.0. The zero-order valence-electron chi connectivity index (χ0n) is 38.7. The molecule has 4 aliphatic carbocycles. The number of methoxy groups -OCH3 is 2. The van der Waals surface area contributed by atoms with Crippen LogP contribution in [0.15, 0.2) is 114 Å². The van der Waals surface area contributed by atoms with Gasteiger partial charge in [0.2, 0.25) is 0 Å². The normalized spacial score (nSPS) is 27.3. The molecule has 3 saturated carbocycles. The van der Waals surface area contributed by atoms with Crippen LogP contribution in [0, 0.1) is 46.3 Å². The molecule has 9 atom stereocenters. The van der Waals surface area contributed by atoms with E-state index >= 15 is 0 Å². The Morgan fingerprint density at radius 3 is 2.06 bits per heavy atom. The number of rotatable bonds is 17. The van der Waals surface area contributed by atoms with Gasteiger partial charge in [-0.1, -0.05) is 132 Å². The number of ether oxygens (including phenoxy) is 4. The van der Waals surface area contributed by atoms with Crippen LogP contribution in [-0.4, -0.2) is 50.8 Å². The lowest BCUT2D eigenvalue weighted by molar-refractivity contribution is -0.00635. The van der Waals surface area contributed by atoms with Crippen molar-refractivity contribution in [3.63, 3.8) is 0 Å². The first-order valence-electron chi connectivity index (χ1n) is 23.5. The quantitative estimate of drug-likeness (QED) is 0.104. The molecule has 4 aliphatic rings. The summed E-state index contributed by atoms with van der Waals surface area (Å²) in [5, 5.41) is 14.1. The molecule has 1 amide bonds. The van der Waals surface area contributed by atoms with Crippen molar-refractivity contribution in [3.8, 4) is 11.5 Å². The molecule has 7 heteroatoms. The van der Waals surface area contributed by atoms with E-state index in [1.165, 1.54) is 31.3 Å². The maximum absolute atomic E-state index is 13.1. The lowest BCUT2D eigenvalue weighted by Crippen LogP contribution is -2.47. The molecule has 7 rings (SSSR count). The van der Waals surface area contributed by atoms with Crippen LogP contribution >= 0.6 is 0 Å². The molecule has 0 bridgehead atoms. The molecule has 0 aromatic heterocycles. The van der Waals surface area contributed by atoms with Gasteiger partial charge in [-0.05, 0) is 139 Å². The minimum atomic E-state index is -0.956. The van der Waals surface area contributed by atoms with Crippen LogP contribution in [0.1, 0.15) is 116 Å². The number of allylic oxidation sites excluding steroid dienone is 5. The highest BCUT2D eigenvalue weighted by molar-refractivity contribution is 5.67. The summed E-state index contributed by atoms with van der Waals surface area (Å²) in [6.07, 6.45) is 17.3. The van der Waals surface area contributed by atoms with Gasteiger partial charge < -0.3 is 29.4 Å². The summed E-state index contributed by atoms with van der Waals surface area (Å²) < 4.78 is 23.9. The van der Waals surface area contributed by atoms with E-state index in [0.29, 0.717) is 54.4 Å². The third kappa shape index (κ3) is 9.31. The highest BCUT2D eigenvalue weighted by Crippen LogP contribution is 2.66. The largest absolute Gasteiger partial charge is 0.497 e. The van der Waals surface area contributed by atoms with E-state index in [9.17, 15) is 9.90 Å². The van der Waals surface area contributed by atoms with Crippen molar-refractivity contribution >= 4 is 6.09 Å². The molecular weight excluding hydrogens is 771 g/mol. The van der Waals surface area contributed by atoms with Gasteiger partial charge in [0.1, 0.15) is 23.2 Å². The minimum absolute atomic E-state index is 0.128. The summed E-state index contributed by atoms with van der Waals surface area (Å²) in [6, 6.07) is 26.0. The SMILES string of the molecule is COc1ccc(C(OCCC(O)CCNC(=O)O[C@@H]2CC[C@]3(C)C(=CC=C4C5CCC(C(C)/C=C/C(C)C(C)C)[C@]5(C)CCC43)C2)(c2ccccc2)c2ccc(OC)cc2)cc1. The Hall–Kier alpha value is -4.33. The lowest BCUT2D eigenvalue weighted by Gasteiger charge is -2.55. The van der Waals surface area contributed by atoms with Crippen LogP contribution in [0.25, 0.3) is 0 Å². The van der Waals surface area contributed by atoms with Gasteiger partial charge >= 0.3 is 6.09 Å². The Balaban J connectivity index is 0.928. The monoisotopic (exact) mass is 844 g/mol. The first-order valence-corrected chi connectivity index (χ1v) is 23.5. The van der Waals surface area contributed by atoms with E-state index in [2.05, 4.69) is 83.3 Å². The lowest BCUT2D eigenvalue weighted by atomic mass is 9.50. The zero-order valence-corrected chi connectivity index (χ0v) is 38.7. The zero-order chi connectivity index (χ0) is 44.1. The predicted octanol–water partition coefficient (Wildman–Crippen LogP) is 12.2. The van der Waals surface area contributed by atoms with Crippen LogP contribution in [0.4, 0.5) is 4.79 Å². The summed E-state index contributed by atoms with van der Waals surface area (Å²) in [4.78, 5) is 13.1. The van der Waals surface area contributed by atoms with Crippen molar-refractivity contribution in [3.05, 3.63) is 131 Å². The maximum atomic E-state index is 13.1. The number of amides is 1. The van der Waals surface area contributed by atoms with Gasteiger partial charge in [0.15, 0.2) is 0 Å². The van der Waals surface area contributed by atoms with Gasteiger partial charge in [0, 0.05) is 13.0 Å². The predicted molar refractivity (Wildman–Crippen MR) is 249 cm³/mol. The maximum Gasteiger partial charge on any atom is 0.407 e. The number of fused-ring (bicyclic) bond motifs is 5. The van der Waals surface area contributed by atoms with E-state index in [1.54, 1.807) is 19.8 Å². The van der Waals surface area contributed by atoms with E-state index < -0.39 is 17.8 Å². The number of aliphatic hydroxyl groups excluding tert-OH is 1. The molecule has 3 aromatic rings. The van der Waals surface area contributed by atoms with Crippen LogP contribution in [-0.2, 0) is 15.1 Å². The highest BCUT2D eigenvalue weighted by atomic mass is 16.6. The van der Waals surface area contributed by atoms with Crippen molar-refractivity contribution in [2.75, 3.05) is 27.4 Å². The second-order valence-electron chi connectivity index (χ2n) is 19.7. The molecular formula is C55H73NO6. The number of hydrogen-bond acceptors (Lipinski definition) is 6. The smallest absolute Gasteiger partial charge is 0.407 e. The number of alkyl carbamates (subject to hydrolysis) is 1. The Labute approximate surface area is 372 Å². The Morgan fingerprint density at radius 1 is 0.790 bits per heavy atom. The van der Waals surface area contributed by atoms with E-state index in [0.717, 1.165) is 53.4 Å². The summed E-state index contributed by atoms with van der Waals surface area (Å²) in [7, 11) is 3.31. The van der Waals surface area contributed by atoms with E-state index in [4.69, 9.17) is 18.9 Å². The first kappa shape index (κ1) is 45.7. The first-order chi connectivity index (χ1) is 29.8. The van der Waals surface area contributed by atoms with Crippen molar-refractivity contribution in [1.29, 1.82) is 0 Å². The summed E-state index contributed by atoms with van der Waals surface area (Å²) in [5.74, 6) is 5.37. The minimum Gasteiger partial charge on any atom is -0.497 e. The number of carbonyl (C=O) groups excluding carboxylic acids is 1. The second kappa shape index (κ2) is 19.6. The van der Waals surface area contributed by atoms with Crippen LogP contribution in [0.2, 0.25) is 0 Å². The number of hydrogen-bond donors (Lipinski definition) is 2. The molecule has 3 aromatic carbocycles. The van der Waals surface area contributed by atoms with Crippen molar-refractivity contribution < 1.29 is 28.8 Å². The van der Waals surface area contributed by atoms with Crippen molar-refractivity contribution in [2.45, 2.75) is 117 Å². The highest BCUT2D eigenvalue weighted by Gasteiger charge is 2.57. The molecule has 6 unspecified atom stereocenters. The van der Waals surface area contributed by atoms with E-state index in [-0.39, 0.29) is 18.1 Å². The molecule has 0 spiro atoms. The van der Waals surface area contributed by atoms with Crippen molar-refractivity contribution in [2.24, 2.45) is 46.3 Å². The van der Waals surface area contributed by atoms with Crippen molar-refractivity contribution in [1.82, 2.24) is 5.32 Å². The van der Waals surface area contributed by atoms with Crippen LogP contribution in [0.3, 0.4) is 0 Å². The summed E-state index contributed by atoms with van der Waals surface area (Å²) in [5.41, 5.74) is 5.51. The summed E-state index contributed by atoms with van der Waals surface area (Å²) in [6.45, 7) is 15.1. The van der Waals surface area contributed by atoms with Gasteiger partial charge in [-0.15, -0.1) is 0 Å². The average molecular weight is 844 g/mol. The second-order valence-corrected chi connectivity index (χ2v) is 19.7. The van der Waals surface area contributed by atoms with Gasteiger partial charge in [0.25, 0.3) is 0 Å². The number of benzene rings is 3. The number of carbonyl (C=O) groups is 1. The Kier molecular flexibility index (Phi) is 14.4. The molecule has 3 fully saturated rings. The fourth-order valence-corrected chi connectivity index (χ4v) is 11.8. The fourth-order valence-electron chi connectivity index (χ4n) is 11.8. The molecule has 2 N–H and O–H groups in total. The average Bonchev–Trinajstić information content (AvgIpc) is 3.65. The van der Waals surface area contributed by atoms with Crippen LogP contribution < -0.4 is 14.8 Å². The standard InChI is InChI=1S/C55H73NO6/c1-37(2)38(3)14-15-39(4)49-26-27-50-48-25-20-43-36-47(28-32-53(43,5)51(48)29-33-54(49,50)6)62-52(58)56-34-30-44(57)31-35-61-55(40-12-10-9-11-13-40,41-16-21-45(59-7)22-17-41)42-18-23-46(60-8)24-19-42/h9-25,37-39,44,47,49-51,57H,26-36H2,1-8H3,(H,56,58)/b15-14+/t38?,39?,44?,47-,49?,50?,51?,53-,54+/m1/s1. The molecule has 62 heavy (non-hydrogen) atoms. The topological polar surface area (TPSA) is 86.2 Å². The fraction of sp³-hybridized carbons (Fsp3) is 0.545. The molecule has 0 radical (unpaired) electrons. The van der Waals surface area contributed by atoms with Gasteiger partial charge in [-0.3, -0.25) is 0 Å². The molecule has 7 nitrogen and oxygen atoms in total. The van der Waals surface area contributed by atoms with Gasteiger partial charge in [0.05, 0.1) is 26.9 Å². The van der Waals surface area contributed by atoms with E-state index in [1.807, 2.05) is 66.7 Å². The molecule has 334 valence electrons. The summed E-state index contributed by atoms with van der Waals surface area (Å²) >= 11 is 0. The Bertz CT molecular complexity index is 1990. The van der Waals surface area contributed by atoms with Crippen LogP contribution in [0.5, 0.6) is 11.5 Å². The molecule has 0 aliphatic heterocycles. The number of nitrogens with one attached hydrogen (secondary N) is 1. The third-order valence-corrected chi connectivity index (χ3v) is 16.0. The molecule has 0 saturated heterocycles. The molecule has 0 heterocycles. The number of aliphatic hydroxyl groups is 1. The van der Waals surface area contributed by atoms with Gasteiger partial charge in [-0.25, -0.2) is 4.79 Å². The Morgan fingerprint density at radius 2 is 1.44 bits per heavy atom.